The van der Waals surface area contributed by atoms with E-state index in [0.717, 1.165) is 22.4 Å². The van der Waals surface area contributed by atoms with Crippen molar-refractivity contribution in [3.63, 3.8) is 0 Å². The highest BCUT2D eigenvalue weighted by atomic mass is 79.9. The number of aromatic nitrogens is 3. The van der Waals surface area contributed by atoms with Gasteiger partial charge >= 0.3 is 0 Å². The summed E-state index contributed by atoms with van der Waals surface area (Å²) in [4.78, 5) is 4.52. The van der Waals surface area contributed by atoms with E-state index in [2.05, 4.69) is 52.1 Å². The second-order valence-corrected chi connectivity index (χ2v) is 5.60. The lowest BCUT2D eigenvalue weighted by Crippen LogP contribution is -2.18. The lowest BCUT2D eigenvalue weighted by molar-refractivity contribution is 0.539. The fourth-order valence-corrected chi connectivity index (χ4v) is 2.30. The van der Waals surface area contributed by atoms with Crippen molar-refractivity contribution in [1.29, 1.82) is 0 Å². The van der Waals surface area contributed by atoms with E-state index in [1.807, 2.05) is 12.3 Å². The highest BCUT2D eigenvalue weighted by Crippen LogP contribution is 2.18. The van der Waals surface area contributed by atoms with Crippen LogP contribution in [0, 0.1) is 5.92 Å². The average Bonchev–Trinajstić information content (AvgIpc) is 2.59. The first kappa shape index (κ1) is 12.4. The van der Waals surface area contributed by atoms with E-state index in [0.29, 0.717) is 12.0 Å². The Kier molecular flexibility index (Phi) is 3.66. The second-order valence-electron chi connectivity index (χ2n) is 4.75. The van der Waals surface area contributed by atoms with Crippen LogP contribution in [0.25, 0.3) is 5.65 Å². The molecule has 1 atom stereocenters. The third-order valence-corrected chi connectivity index (χ3v) is 3.10. The van der Waals surface area contributed by atoms with E-state index in [4.69, 9.17) is 0 Å². The van der Waals surface area contributed by atoms with Gasteiger partial charge in [-0.05, 0) is 41.3 Å². The van der Waals surface area contributed by atoms with Gasteiger partial charge in [-0.2, -0.15) is 5.10 Å². The molecule has 0 saturated carbocycles. The van der Waals surface area contributed by atoms with E-state index in [9.17, 15) is 0 Å². The van der Waals surface area contributed by atoms with Crippen molar-refractivity contribution in [2.24, 2.45) is 5.92 Å². The number of hydrogen-bond acceptors (Lipinski definition) is 3. The van der Waals surface area contributed by atoms with Crippen molar-refractivity contribution in [2.75, 3.05) is 5.32 Å². The standard InChI is InChI=1S/C12H17BrN4/c1-8(2)6-9(3)15-11-4-5-17-12(16-11)10(13)7-14-17/h4-5,7-9H,6H2,1-3H3,(H,15,16)/t9-/m1/s1. The van der Waals surface area contributed by atoms with Crippen LogP contribution in [0.1, 0.15) is 27.2 Å². The maximum Gasteiger partial charge on any atom is 0.171 e. The molecule has 2 aromatic rings. The van der Waals surface area contributed by atoms with E-state index < -0.39 is 0 Å². The lowest BCUT2D eigenvalue weighted by atomic mass is 10.1. The summed E-state index contributed by atoms with van der Waals surface area (Å²) in [6, 6.07) is 2.37. The van der Waals surface area contributed by atoms with Gasteiger partial charge in [-0.1, -0.05) is 13.8 Å². The number of hydrogen-bond donors (Lipinski definition) is 1. The minimum absolute atomic E-state index is 0.423. The summed E-state index contributed by atoms with van der Waals surface area (Å²) in [5, 5.41) is 7.58. The minimum Gasteiger partial charge on any atom is -0.367 e. The van der Waals surface area contributed by atoms with Gasteiger partial charge < -0.3 is 5.32 Å². The SMILES string of the molecule is CC(C)C[C@@H](C)Nc1ccn2ncc(Br)c2n1. The zero-order valence-electron chi connectivity index (χ0n) is 10.3. The molecule has 2 rings (SSSR count). The first-order valence-corrected chi connectivity index (χ1v) is 6.62. The molecule has 0 aliphatic heterocycles. The van der Waals surface area contributed by atoms with Crippen LogP contribution < -0.4 is 5.32 Å². The molecule has 0 amide bonds. The molecule has 5 heteroatoms. The Balaban J connectivity index is 2.16. The van der Waals surface area contributed by atoms with Gasteiger partial charge in [-0.25, -0.2) is 9.50 Å². The van der Waals surface area contributed by atoms with Crippen LogP contribution in [0.15, 0.2) is 22.9 Å². The van der Waals surface area contributed by atoms with Crippen LogP contribution in [0.5, 0.6) is 0 Å². The monoisotopic (exact) mass is 296 g/mol. The minimum atomic E-state index is 0.423. The van der Waals surface area contributed by atoms with Crippen LogP contribution in [0.2, 0.25) is 0 Å². The third-order valence-electron chi connectivity index (χ3n) is 2.55. The van der Waals surface area contributed by atoms with Crippen LogP contribution in [-0.2, 0) is 0 Å². The average molecular weight is 297 g/mol. The van der Waals surface area contributed by atoms with Gasteiger partial charge in [0.1, 0.15) is 5.82 Å². The Morgan fingerprint density at radius 1 is 1.41 bits per heavy atom. The molecule has 0 saturated heterocycles. The molecule has 4 nitrogen and oxygen atoms in total. The fraction of sp³-hybridized carbons (Fsp3) is 0.500. The molecule has 0 fully saturated rings. The van der Waals surface area contributed by atoms with Gasteiger partial charge in [0, 0.05) is 12.2 Å². The number of anilines is 1. The van der Waals surface area contributed by atoms with E-state index in [-0.39, 0.29) is 0 Å². The Morgan fingerprint density at radius 2 is 2.18 bits per heavy atom. The second kappa shape index (κ2) is 5.04. The van der Waals surface area contributed by atoms with Crippen LogP contribution in [0.3, 0.4) is 0 Å². The fourth-order valence-electron chi connectivity index (χ4n) is 1.94. The molecule has 0 aromatic carbocycles. The maximum atomic E-state index is 4.52. The Hall–Kier alpha value is -1.10. The summed E-state index contributed by atoms with van der Waals surface area (Å²) in [5.41, 5.74) is 0.840. The van der Waals surface area contributed by atoms with Crippen LogP contribution in [0.4, 0.5) is 5.82 Å². The van der Waals surface area contributed by atoms with Crippen molar-refractivity contribution in [3.05, 3.63) is 22.9 Å². The van der Waals surface area contributed by atoms with Gasteiger partial charge in [-0.15, -0.1) is 0 Å². The normalized spacial score (nSPS) is 13.2. The van der Waals surface area contributed by atoms with Crippen molar-refractivity contribution < 1.29 is 0 Å². The molecular formula is C12H17BrN4. The highest BCUT2D eigenvalue weighted by Gasteiger charge is 2.07. The summed E-state index contributed by atoms with van der Waals surface area (Å²) in [5.74, 6) is 1.58. The van der Waals surface area contributed by atoms with Crippen molar-refractivity contribution in [1.82, 2.24) is 14.6 Å². The van der Waals surface area contributed by atoms with Crippen molar-refractivity contribution in [3.8, 4) is 0 Å². The summed E-state index contributed by atoms with van der Waals surface area (Å²) in [6.45, 7) is 6.63. The molecule has 17 heavy (non-hydrogen) atoms. The first-order valence-electron chi connectivity index (χ1n) is 5.82. The molecular weight excluding hydrogens is 280 g/mol. The lowest BCUT2D eigenvalue weighted by Gasteiger charge is -2.16. The van der Waals surface area contributed by atoms with Crippen molar-refractivity contribution >= 4 is 27.4 Å². The molecule has 0 aliphatic rings. The third kappa shape index (κ3) is 2.97. The molecule has 0 spiro atoms. The molecule has 1 N–H and O–H groups in total. The summed E-state index contributed by atoms with van der Waals surface area (Å²) in [7, 11) is 0. The molecule has 0 radical (unpaired) electrons. The predicted molar refractivity (Wildman–Crippen MR) is 73.2 cm³/mol. The quantitative estimate of drug-likeness (QED) is 0.941. The first-order chi connectivity index (χ1) is 8.06. The van der Waals surface area contributed by atoms with Gasteiger partial charge in [0.25, 0.3) is 0 Å². The van der Waals surface area contributed by atoms with Gasteiger partial charge in [0.15, 0.2) is 5.65 Å². The van der Waals surface area contributed by atoms with E-state index >= 15 is 0 Å². The summed E-state index contributed by atoms with van der Waals surface area (Å²) in [6.07, 6.45) is 4.80. The predicted octanol–water partition coefficient (Wildman–Crippen LogP) is 3.34. The van der Waals surface area contributed by atoms with Gasteiger partial charge in [0.05, 0.1) is 10.7 Å². The summed E-state index contributed by atoms with van der Waals surface area (Å²) < 4.78 is 2.67. The Morgan fingerprint density at radius 3 is 2.88 bits per heavy atom. The topological polar surface area (TPSA) is 42.2 Å². The molecule has 2 heterocycles. The molecule has 0 unspecified atom stereocenters. The van der Waals surface area contributed by atoms with Crippen LogP contribution >= 0.6 is 15.9 Å². The Labute approximate surface area is 110 Å². The molecule has 0 bridgehead atoms. The van der Waals surface area contributed by atoms with Gasteiger partial charge in [0.2, 0.25) is 0 Å². The highest BCUT2D eigenvalue weighted by molar-refractivity contribution is 9.10. The number of nitrogens with zero attached hydrogens (tertiary/aromatic N) is 3. The van der Waals surface area contributed by atoms with Gasteiger partial charge in [-0.3, -0.25) is 0 Å². The zero-order valence-corrected chi connectivity index (χ0v) is 11.9. The van der Waals surface area contributed by atoms with Crippen molar-refractivity contribution in [2.45, 2.75) is 33.2 Å². The Bertz CT molecular complexity index is 506. The van der Waals surface area contributed by atoms with E-state index in [1.165, 1.54) is 0 Å². The smallest absolute Gasteiger partial charge is 0.171 e. The number of halogens is 1. The zero-order chi connectivity index (χ0) is 12.4. The van der Waals surface area contributed by atoms with E-state index in [1.54, 1.807) is 10.7 Å². The summed E-state index contributed by atoms with van der Waals surface area (Å²) >= 11 is 3.43. The maximum absolute atomic E-state index is 4.52. The number of nitrogens with one attached hydrogen (secondary N) is 1. The van der Waals surface area contributed by atoms with Crippen LogP contribution in [-0.4, -0.2) is 20.6 Å². The molecule has 2 aromatic heterocycles. The number of rotatable bonds is 4. The largest absolute Gasteiger partial charge is 0.367 e. The molecule has 0 aliphatic carbocycles. The molecule has 92 valence electrons. The number of fused-ring (bicyclic) bond motifs is 1.